The summed E-state index contributed by atoms with van der Waals surface area (Å²) >= 11 is 3.60. The van der Waals surface area contributed by atoms with E-state index in [1.54, 1.807) is 19.0 Å². The second-order valence-electron chi connectivity index (χ2n) is 5.02. The van der Waals surface area contributed by atoms with Crippen molar-refractivity contribution in [2.24, 2.45) is 0 Å². The number of nitrogens with one attached hydrogen (secondary N) is 1. The van der Waals surface area contributed by atoms with Crippen LogP contribution < -0.4 is 10.2 Å². The molecular weight excluding hydrogens is 318 g/mol. The third kappa shape index (κ3) is 4.80. The third-order valence-electron chi connectivity index (χ3n) is 3.09. The molecule has 4 nitrogen and oxygen atoms in total. The van der Waals surface area contributed by atoms with E-state index in [0.717, 1.165) is 29.7 Å². The maximum Gasteiger partial charge on any atom is 0.241 e. The van der Waals surface area contributed by atoms with Crippen molar-refractivity contribution in [3.8, 4) is 0 Å². The number of carbonyl (C=O) groups is 1. The zero-order chi connectivity index (χ0) is 15.1. The molecule has 1 amide bonds. The van der Waals surface area contributed by atoms with Crippen molar-refractivity contribution < 1.29 is 4.79 Å². The largest absolute Gasteiger partial charge is 0.362 e. The number of halogens is 1. The molecule has 1 N–H and O–H groups in total. The molecule has 0 aliphatic rings. The van der Waals surface area contributed by atoms with E-state index in [9.17, 15) is 4.79 Å². The maximum atomic E-state index is 11.9. The number of anilines is 1. The van der Waals surface area contributed by atoms with Gasteiger partial charge in [0.1, 0.15) is 0 Å². The molecule has 0 bridgehead atoms. The standard InChI is InChI=1S/C15H24BrN3O/c1-5-8-19(11-15(20)18(3)4)13-7-6-12(10-17-2)14(16)9-13/h6-7,9,17H,5,8,10-11H2,1-4H3. The first-order valence-electron chi connectivity index (χ1n) is 6.87. The Morgan fingerprint density at radius 2 is 2.05 bits per heavy atom. The monoisotopic (exact) mass is 341 g/mol. The predicted molar refractivity (Wildman–Crippen MR) is 88.1 cm³/mol. The van der Waals surface area contributed by atoms with Gasteiger partial charge in [0, 0.05) is 37.3 Å². The van der Waals surface area contributed by atoms with Gasteiger partial charge in [0.15, 0.2) is 0 Å². The first-order chi connectivity index (χ1) is 9.49. The number of likely N-dealkylation sites (N-methyl/N-ethyl adjacent to an activating group) is 1. The molecule has 0 aromatic heterocycles. The first kappa shape index (κ1) is 17.0. The van der Waals surface area contributed by atoms with Crippen LogP contribution in [-0.2, 0) is 11.3 Å². The summed E-state index contributed by atoms with van der Waals surface area (Å²) in [5, 5.41) is 3.14. The Morgan fingerprint density at radius 3 is 2.55 bits per heavy atom. The van der Waals surface area contributed by atoms with E-state index in [-0.39, 0.29) is 5.91 Å². The quantitative estimate of drug-likeness (QED) is 0.827. The summed E-state index contributed by atoms with van der Waals surface area (Å²) < 4.78 is 1.07. The van der Waals surface area contributed by atoms with Crippen molar-refractivity contribution in [2.75, 3.05) is 39.1 Å². The van der Waals surface area contributed by atoms with E-state index in [0.29, 0.717) is 6.54 Å². The zero-order valence-corrected chi connectivity index (χ0v) is 14.3. The molecule has 0 saturated heterocycles. The highest BCUT2D eigenvalue weighted by Crippen LogP contribution is 2.24. The molecule has 112 valence electrons. The summed E-state index contributed by atoms with van der Waals surface area (Å²) in [6.45, 7) is 4.23. The summed E-state index contributed by atoms with van der Waals surface area (Å²) in [4.78, 5) is 15.7. The molecule has 0 heterocycles. The topological polar surface area (TPSA) is 35.6 Å². The Morgan fingerprint density at radius 1 is 1.35 bits per heavy atom. The number of rotatable bonds is 7. The van der Waals surface area contributed by atoms with Crippen LogP contribution >= 0.6 is 15.9 Å². The highest BCUT2D eigenvalue weighted by atomic mass is 79.9. The lowest BCUT2D eigenvalue weighted by Gasteiger charge is -2.26. The van der Waals surface area contributed by atoms with Crippen molar-refractivity contribution in [3.63, 3.8) is 0 Å². The van der Waals surface area contributed by atoms with Crippen LogP contribution in [0.3, 0.4) is 0 Å². The van der Waals surface area contributed by atoms with Gasteiger partial charge in [0.2, 0.25) is 5.91 Å². The number of carbonyl (C=O) groups excluding carboxylic acids is 1. The van der Waals surface area contributed by atoms with E-state index in [1.807, 2.05) is 7.05 Å². The van der Waals surface area contributed by atoms with Crippen molar-refractivity contribution in [3.05, 3.63) is 28.2 Å². The molecule has 0 saturated carbocycles. The van der Waals surface area contributed by atoms with Gasteiger partial charge >= 0.3 is 0 Å². The van der Waals surface area contributed by atoms with Crippen LogP contribution in [0.5, 0.6) is 0 Å². The molecule has 0 spiro atoms. The lowest BCUT2D eigenvalue weighted by molar-refractivity contribution is -0.127. The minimum Gasteiger partial charge on any atom is -0.362 e. The zero-order valence-electron chi connectivity index (χ0n) is 12.7. The Kier molecular flexibility index (Phi) is 7.02. The normalized spacial score (nSPS) is 10.4. The smallest absolute Gasteiger partial charge is 0.241 e. The van der Waals surface area contributed by atoms with Crippen molar-refractivity contribution in [1.29, 1.82) is 0 Å². The average Bonchev–Trinajstić information content (AvgIpc) is 2.40. The van der Waals surface area contributed by atoms with Crippen LogP contribution in [-0.4, -0.2) is 45.0 Å². The van der Waals surface area contributed by atoms with Gasteiger partial charge in [-0.25, -0.2) is 0 Å². The van der Waals surface area contributed by atoms with Crippen LogP contribution in [0.4, 0.5) is 5.69 Å². The molecule has 1 aromatic rings. The first-order valence-corrected chi connectivity index (χ1v) is 7.67. The molecule has 0 aliphatic carbocycles. The summed E-state index contributed by atoms with van der Waals surface area (Å²) in [5.74, 6) is 0.119. The van der Waals surface area contributed by atoms with Crippen molar-refractivity contribution in [2.45, 2.75) is 19.9 Å². The van der Waals surface area contributed by atoms with E-state index >= 15 is 0 Å². The van der Waals surface area contributed by atoms with Gasteiger partial charge in [-0.15, -0.1) is 0 Å². The van der Waals surface area contributed by atoms with E-state index < -0.39 is 0 Å². The average molecular weight is 342 g/mol. The molecule has 1 rings (SSSR count). The van der Waals surface area contributed by atoms with Gasteiger partial charge in [0.05, 0.1) is 6.54 Å². The van der Waals surface area contributed by atoms with Crippen molar-refractivity contribution >= 4 is 27.5 Å². The van der Waals surface area contributed by atoms with Gasteiger partial charge < -0.3 is 15.1 Å². The number of hydrogen-bond acceptors (Lipinski definition) is 3. The van der Waals surface area contributed by atoms with Crippen LogP contribution in [0.2, 0.25) is 0 Å². The molecule has 0 fully saturated rings. The molecule has 20 heavy (non-hydrogen) atoms. The number of nitrogens with zero attached hydrogens (tertiary/aromatic N) is 2. The molecule has 0 unspecified atom stereocenters. The van der Waals surface area contributed by atoms with Gasteiger partial charge in [-0.3, -0.25) is 4.79 Å². The van der Waals surface area contributed by atoms with Crippen LogP contribution in [0.15, 0.2) is 22.7 Å². The lowest BCUT2D eigenvalue weighted by atomic mass is 10.2. The molecule has 5 heteroatoms. The van der Waals surface area contributed by atoms with E-state index in [4.69, 9.17) is 0 Å². The van der Waals surface area contributed by atoms with Gasteiger partial charge in [-0.1, -0.05) is 28.9 Å². The second-order valence-corrected chi connectivity index (χ2v) is 5.87. The highest BCUT2D eigenvalue weighted by molar-refractivity contribution is 9.10. The van der Waals surface area contributed by atoms with Crippen molar-refractivity contribution in [1.82, 2.24) is 10.2 Å². The predicted octanol–water partition coefficient (Wildman–Crippen LogP) is 2.47. The molecule has 0 radical (unpaired) electrons. The Hall–Kier alpha value is -1.07. The Bertz CT molecular complexity index is 449. The maximum absolute atomic E-state index is 11.9. The fraction of sp³-hybridized carbons (Fsp3) is 0.533. The van der Waals surface area contributed by atoms with Crippen LogP contribution in [0.1, 0.15) is 18.9 Å². The second kappa shape index (κ2) is 8.27. The number of hydrogen-bond donors (Lipinski definition) is 1. The Labute approximate surface area is 130 Å². The number of amides is 1. The third-order valence-corrected chi connectivity index (χ3v) is 3.83. The van der Waals surface area contributed by atoms with E-state index in [1.165, 1.54) is 5.56 Å². The van der Waals surface area contributed by atoms with Crippen LogP contribution in [0, 0.1) is 0 Å². The molecule has 0 atom stereocenters. The van der Waals surface area contributed by atoms with Gasteiger partial charge in [-0.2, -0.15) is 0 Å². The summed E-state index contributed by atoms with van der Waals surface area (Å²) in [7, 11) is 5.51. The molecular formula is C15H24BrN3O. The summed E-state index contributed by atoms with van der Waals surface area (Å²) in [6.07, 6.45) is 1.01. The molecule has 1 aromatic carbocycles. The van der Waals surface area contributed by atoms with Gasteiger partial charge in [0.25, 0.3) is 0 Å². The number of benzene rings is 1. The molecule has 0 aliphatic heterocycles. The fourth-order valence-corrected chi connectivity index (χ4v) is 2.45. The summed E-state index contributed by atoms with van der Waals surface area (Å²) in [6, 6.07) is 6.26. The van der Waals surface area contributed by atoms with Gasteiger partial charge in [-0.05, 0) is 31.2 Å². The SMILES string of the molecule is CCCN(CC(=O)N(C)C)c1ccc(CNC)c(Br)c1. The lowest BCUT2D eigenvalue weighted by Crippen LogP contribution is -2.37. The fourth-order valence-electron chi connectivity index (χ4n) is 1.94. The summed E-state index contributed by atoms with van der Waals surface area (Å²) in [5.41, 5.74) is 2.29. The van der Waals surface area contributed by atoms with E-state index in [2.05, 4.69) is 51.3 Å². The highest BCUT2D eigenvalue weighted by Gasteiger charge is 2.13. The minimum atomic E-state index is 0.119. The van der Waals surface area contributed by atoms with Crippen LogP contribution in [0.25, 0.3) is 0 Å². The minimum absolute atomic E-state index is 0.119. The Balaban J connectivity index is 2.91.